The number of hydrogen-bond donors (Lipinski definition) is 1. The molecule has 2 aromatic rings. The lowest BCUT2D eigenvalue weighted by molar-refractivity contribution is 0.123. The fourth-order valence-corrected chi connectivity index (χ4v) is 3.24. The molecule has 0 aliphatic carbocycles. The van der Waals surface area contributed by atoms with Crippen molar-refractivity contribution in [3.05, 3.63) is 36.0 Å². The third-order valence-electron chi connectivity index (χ3n) is 4.52. The summed E-state index contributed by atoms with van der Waals surface area (Å²) < 4.78 is 0. The van der Waals surface area contributed by atoms with Gasteiger partial charge < -0.3 is 14.8 Å². The van der Waals surface area contributed by atoms with Crippen LogP contribution in [0.3, 0.4) is 0 Å². The van der Waals surface area contributed by atoms with Gasteiger partial charge in [-0.15, -0.1) is 0 Å². The minimum Gasteiger partial charge on any atom is -0.357 e. The van der Waals surface area contributed by atoms with Crippen LogP contribution in [0.1, 0.15) is 12.1 Å². The lowest BCUT2D eigenvalue weighted by atomic mass is 10.2. The second-order valence-corrected chi connectivity index (χ2v) is 6.66. The molecule has 1 aliphatic heterocycles. The second-order valence-electron chi connectivity index (χ2n) is 6.66. The molecule has 0 unspecified atom stereocenters. The summed E-state index contributed by atoms with van der Waals surface area (Å²) in [5.74, 6) is 0. The lowest BCUT2D eigenvalue weighted by Crippen LogP contribution is -2.46. The van der Waals surface area contributed by atoms with Gasteiger partial charge in [-0.05, 0) is 51.1 Å². The molecule has 3 rings (SSSR count). The van der Waals surface area contributed by atoms with Crippen molar-refractivity contribution in [2.75, 3.05) is 53.4 Å². The lowest BCUT2D eigenvalue weighted by Gasteiger charge is -2.34. The maximum atomic E-state index is 3.54. The van der Waals surface area contributed by atoms with E-state index in [2.05, 4.69) is 64.1 Å². The van der Waals surface area contributed by atoms with Crippen molar-refractivity contribution in [3.63, 3.8) is 0 Å². The number of rotatable bonds is 6. The monoisotopic (exact) mass is 300 g/mol. The third kappa shape index (κ3) is 4.09. The summed E-state index contributed by atoms with van der Waals surface area (Å²) in [6.07, 6.45) is 1.27. The first-order valence-electron chi connectivity index (χ1n) is 8.37. The van der Waals surface area contributed by atoms with E-state index in [0.29, 0.717) is 0 Å². The van der Waals surface area contributed by atoms with Crippen LogP contribution >= 0.6 is 0 Å². The fraction of sp³-hybridized carbons (Fsp3) is 0.556. The van der Waals surface area contributed by atoms with E-state index in [0.717, 1.165) is 6.54 Å². The average molecular weight is 300 g/mol. The standard InChI is InChI=1S/C18H28N4/c1-20(2)8-5-9-21-10-12-22(13-11-21)15-17-14-16-6-3-4-7-18(16)19-17/h3-4,6-7,14,19H,5,8-13,15H2,1-2H3. The molecule has 120 valence electrons. The average Bonchev–Trinajstić information content (AvgIpc) is 2.91. The zero-order chi connectivity index (χ0) is 15.4. The number of H-pyrrole nitrogens is 1. The smallest absolute Gasteiger partial charge is 0.0456 e. The molecule has 0 bridgehead atoms. The molecule has 1 N–H and O–H groups in total. The van der Waals surface area contributed by atoms with Crippen molar-refractivity contribution in [1.82, 2.24) is 19.7 Å². The van der Waals surface area contributed by atoms with Crippen molar-refractivity contribution >= 4 is 10.9 Å². The van der Waals surface area contributed by atoms with E-state index in [9.17, 15) is 0 Å². The first kappa shape index (κ1) is 15.5. The van der Waals surface area contributed by atoms with E-state index < -0.39 is 0 Å². The number of nitrogens with one attached hydrogen (secondary N) is 1. The zero-order valence-electron chi connectivity index (χ0n) is 13.9. The normalized spacial score (nSPS) is 17.6. The summed E-state index contributed by atoms with van der Waals surface area (Å²) in [6.45, 7) is 8.23. The van der Waals surface area contributed by atoms with Gasteiger partial charge in [0.05, 0.1) is 0 Å². The van der Waals surface area contributed by atoms with Crippen LogP contribution < -0.4 is 0 Å². The summed E-state index contributed by atoms with van der Waals surface area (Å²) in [7, 11) is 4.30. The van der Waals surface area contributed by atoms with Gasteiger partial charge in [0.25, 0.3) is 0 Å². The number of benzene rings is 1. The van der Waals surface area contributed by atoms with Gasteiger partial charge in [0.2, 0.25) is 0 Å². The number of fused-ring (bicyclic) bond motifs is 1. The number of nitrogens with zero attached hydrogens (tertiary/aromatic N) is 3. The summed E-state index contributed by atoms with van der Waals surface area (Å²) in [6, 6.07) is 10.8. The minimum atomic E-state index is 1.04. The molecule has 4 nitrogen and oxygen atoms in total. The van der Waals surface area contributed by atoms with Crippen LogP contribution in [-0.2, 0) is 6.54 Å². The maximum absolute atomic E-state index is 3.54. The van der Waals surface area contributed by atoms with Crippen molar-refractivity contribution < 1.29 is 0 Å². The van der Waals surface area contributed by atoms with Crippen molar-refractivity contribution in [2.45, 2.75) is 13.0 Å². The Morgan fingerprint density at radius 2 is 1.77 bits per heavy atom. The zero-order valence-corrected chi connectivity index (χ0v) is 13.9. The Bertz CT molecular complexity index is 549. The predicted octanol–water partition coefficient (Wildman–Crippen LogP) is 2.24. The van der Waals surface area contributed by atoms with E-state index in [1.165, 1.54) is 62.3 Å². The van der Waals surface area contributed by atoms with Crippen LogP contribution in [0.15, 0.2) is 30.3 Å². The Morgan fingerprint density at radius 3 is 2.50 bits per heavy atom. The van der Waals surface area contributed by atoms with Crippen molar-refractivity contribution in [3.8, 4) is 0 Å². The number of hydrogen-bond acceptors (Lipinski definition) is 3. The molecule has 1 aliphatic rings. The van der Waals surface area contributed by atoms with Crippen LogP contribution in [0.5, 0.6) is 0 Å². The van der Waals surface area contributed by atoms with Gasteiger partial charge in [-0.1, -0.05) is 18.2 Å². The third-order valence-corrected chi connectivity index (χ3v) is 4.52. The molecular weight excluding hydrogens is 272 g/mol. The Labute approximate surface area is 133 Å². The second kappa shape index (κ2) is 7.27. The predicted molar refractivity (Wildman–Crippen MR) is 93.2 cm³/mol. The topological polar surface area (TPSA) is 25.5 Å². The van der Waals surface area contributed by atoms with Gasteiger partial charge in [0.15, 0.2) is 0 Å². The largest absolute Gasteiger partial charge is 0.357 e. The number of aromatic amines is 1. The Morgan fingerprint density at radius 1 is 1.05 bits per heavy atom. The number of para-hydroxylation sites is 1. The molecule has 4 heteroatoms. The number of piperazine rings is 1. The van der Waals surface area contributed by atoms with E-state index in [1.807, 2.05) is 0 Å². The molecule has 0 atom stereocenters. The maximum Gasteiger partial charge on any atom is 0.0456 e. The van der Waals surface area contributed by atoms with Crippen LogP contribution in [0, 0.1) is 0 Å². The Hall–Kier alpha value is -1.36. The van der Waals surface area contributed by atoms with Crippen LogP contribution in [0.2, 0.25) is 0 Å². The van der Waals surface area contributed by atoms with E-state index in [1.54, 1.807) is 0 Å². The SMILES string of the molecule is CN(C)CCCN1CCN(Cc2cc3ccccc3[nH]2)CC1. The molecule has 1 aromatic carbocycles. The molecule has 0 radical (unpaired) electrons. The molecule has 1 aromatic heterocycles. The minimum absolute atomic E-state index is 1.04. The molecule has 1 saturated heterocycles. The van der Waals surface area contributed by atoms with E-state index in [-0.39, 0.29) is 0 Å². The molecular formula is C18H28N4. The Balaban J connectivity index is 1.45. The molecule has 0 amide bonds. The van der Waals surface area contributed by atoms with Gasteiger partial charge in [0.1, 0.15) is 0 Å². The summed E-state index contributed by atoms with van der Waals surface area (Å²) in [4.78, 5) is 11.0. The van der Waals surface area contributed by atoms with Crippen LogP contribution in [0.25, 0.3) is 10.9 Å². The quantitative estimate of drug-likeness (QED) is 0.886. The van der Waals surface area contributed by atoms with Crippen molar-refractivity contribution in [2.24, 2.45) is 0 Å². The van der Waals surface area contributed by atoms with Crippen molar-refractivity contribution in [1.29, 1.82) is 0 Å². The Kier molecular flexibility index (Phi) is 5.13. The highest BCUT2D eigenvalue weighted by Gasteiger charge is 2.17. The highest BCUT2D eigenvalue weighted by Crippen LogP contribution is 2.16. The molecule has 0 saturated carbocycles. The molecule has 1 fully saturated rings. The summed E-state index contributed by atoms with van der Waals surface area (Å²) in [5.41, 5.74) is 2.59. The summed E-state index contributed by atoms with van der Waals surface area (Å²) >= 11 is 0. The van der Waals surface area contributed by atoms with E-state index in [4.69, 9.17) is 0 Å². The molecule has 0 spiro atoms. The van der Waals surface area contributed by atoms with Crippen LogP contribution in [0.4, 0.5) is 0 Å². The summed E-state index contributed by atoms with van der Waals surface area (Å²) in [5, 5.41) is 1.32. The van der Waals surface area contributed by atoms with Crippen LogP contribution in [-0.4, -0.2) is 73.0 Å². The first-order chi connectivity index (χ1) is 10.7. The fourth-order valence-electron chi connectivity index (χ4n) is 3.24. The molecule has 22 heavy (non-hydrogen) atoms. The van der Waals surface area contributed by atoms with Gasteiger partial charge in [-0.25, -0.2) is 0 Å². The first-order valence-corrected chi connectivity index (χ1v) is 8.37. The van der Waals surface area contributed by atoms with E-state index >= 15 is 0 Å². The highest BCUT2D eigenvalue weighted by atomic mass is 15.3. The van der Waals surface area contributed by atoms with Gasteiger partial charge in [0, 0.05) is 43.9 Å². The molecule has 2 heterocycles. The van der Waals surface area contributed by atoms with Gasteiger partial charge in [-0.2, -0.15) is 0 Å². The highest BCUT2D eigenvalue weighted by molar-refractivity contribution is 5.80. The van der Waals surface area contributed by atoms with Gasteiger partial charge in [-0.3, -0.25) is 4.90 Å². The number of aromatic nitrogens is 1. The van der Waals surface area contributed by atoms with Gasteiger partial charge >= 0.3 is 0 Å².